The fourth-order valence-electron chi connectivity index (χ4n) is 1.40. The monoisotopic (exact) mass is 211 g/mol. The van der Waals surface area contributed by atoms with E-state index in [1.807, 2.05) is 0 Å². The molecule has 0 radical (unpaired) electrons. The van der Waals surface area contributed by atoms with Crippen molar-refractivity contribution < 1.29 is 13.9 Å². The van der Waals surface area contributed by atoms with Crippen LogP contribution in [0.3, 0.4) is 0 Å². The molecule has 0 fully saturated rings. The molecule has 4 heteroatoms. The second kappa shape index (κ2) is 4.89. The van der Waals surface area contributed by atoms with Crippen LogP contribution in [0.15, 0.2) is 24.3 Å². The van der Waals surface area contributed by atoms with E-state index in [4.69, 9.17) is 0 Å². The van der Waals surface area contributed by atoms with Gasteiger partial charge in [0.25, 0.3) is 0 Å². The minimum Gasteiger partial charge on any atom is -0.468 e. The van der Waals surface area contributed by atoms with E-state index < -0.39 is 6.04 Å². The number of hydrogen-bond donors (Lipinski definition) is 0. The van der Waals surface area contributed by atoms with E-state index in [1.165, 1.54) is 19.2 Å². The van der Waals surface area contributed by atoms with E-state index in [1.54, 1.807) is 31.1 Å². The summed E-state index contributed by atoms with van der Waals surface area (Å²) < 4.78 is 17.4. The summed E-state index contributed by atoms with van der Waals surface area (Å²) >= 11 is 0. The number of rotatable bonds is 3. The lowest BCUT2D eigenvalue weighted by atomic mass is 10.1. The number of hydrogen-bond acceptors (Lipinski definition) is 3. The van der Waals surface area contributed by atoms with Crippen molar-refractivity contribution >= 4 is 5.97 Å². The molecule has 3 nitrogen and oxygen atoms in total. The van der Waals surface area contributed by atoms with E-state index in [2.05, 4.69) is 4.74 Å². The van der Waals surface area contributed by atoms with Crippen molar-refractivity contribution in [3.63, 3.8) is 0 Å². The van der Waals surface area contributed by atoms with Gasteiger partial charge in [-0.25, -0.2) is 9.18 Å². The minimum absolute atomic E-state index is 0.318. The van der Waals surface area contributed by atoms with Crippen molar-refractivity contribution in [1.82, 2.24) is 4.90 Å². The maximum absolute atomic E-state index is 12.7. The van der Waals surface area contributed by atoms with Gasteiger partial charge < -0.3 is 4.74 Å². The molecule has 1 rings (SSSR count). The first-order chi connectivity index (χ1) is 7.06. The first-order valence-corrected chi connectivity index (χ1v) is 4.56. The van der Waals surface area contributed by atoms with Crippen molar-refractivity contribution in [3.05, 3.63) is 35.6 Å². The number of nitrogens with zero attached hydrogens (tertiary/aromatic N) is 1. The highest BCUT2D eigenvalue weighted by Crippen LogP contribution is 2.19. The van der Waals surface area contributed by atoms with Crippen LogP contribution < -0.4 is 0 Å². The number of benzene rings is 1. The summed E-state index contributed by atoms with van der Waals surface area (Å²) in [7, 11) is 4.87. The van der Waals surface area contributed by atoms with Crippen LogP contribution in [0, 0.1) is 5.82 Å². The Labute approximate surface area is 88.5 Å². The molecular formula is C11H14FNO2. The van der Waals surface area contributed by atoms with Gasteiger partial charge in [-0.1, -0.05) is 12.1 Å². The largest absolute Gasteiger partial charge is 0.468 e. The van der Waals surface area contributed by atoms with Gasteiger partial charge in [0.05, 0.1) is 7.11 Å². The molecule has 1 unspecified atom stereocenters. The molecule has 0 N–H and O–H groups in total. The lowest BCUT2D eigenvalue weighted by Gasteiger charge is -2.21. The van der Waals surface area contributed by atoms with Gasteiger partial charge >= 0.3 is 5.97 Å². The Hall–Kier alpha value is -1.42. The van der Waals surface area contributed by atoms with E-state index in [9.17, 15) is 9.18 Å². The van der Waals surface area contributed by atoms with Gasteiger partial charge in [-0.3, -0.25) is 4.90 Å². The van der Waals surface area contributed by atoms with E-state index in [0.717, 1.165) is 0 Å². The van der Waals surface area contributed by atoms with Crippen molar-refractivity contribution in [1.29, 1.82) is 0 Å². The second-order valence-corrected chi connectivity index (χ2v) is 3.44. The summed E-state index contributed by atoms with van der Waals surface area (Å²) in [5.41, 5.74) is 0.716. The van der Waals surface area contributed by atoms with Crippen molar-refractivity contribution in [2.24, 2.45) is 0 Å². The Morgan fingerprint density at radius 3 is 2.27 bits per heavy atom. The Balaban J connectivity index is 2.99. The van der Waals surface area contributed by atoms with Crippen LogP contribution in [0.5, 0.6) is 0 Å². The summed E-state index contributed by atoms with van der Waals surface area (Å²) in [6, 6.07) is 5.33. The predicted octanol–water partition coefficient (Wildman–Crippen LogP) is 1.60. The van der Waals surface area contributed by atoms with Crippen LogP contribution >= 0.6 is 0 Å². The molecule has 0 saturated heterocycles. The van der Waals surface area contributed by atoms with Gasteiger partial charge in [-0.15, -0.1) is 0 Å². The number of carbonyl (C=O) groups is 1. The Morgan fingerprint density at radius 2 is 1.87 bits per heavy atom. The third-order valence-corrected chi connectivity index (χ3v) is 2.13. The summed E-state index contributed by atoms with van der Waals surface area (Å²) in [5, 5.41) is 0. The lowest BCUT2D eigenvalue weighted by Crippen LogP contribution is -2.28. The van der Waals surface area contributed by atoms with Gasteiger partial charge in [0.15, 0.2) is 0 Å². The summed E-state index contributed by atoms with van der Waals surface area (Å²) in [5.74, 6) is -0.673. The maximum atomic E-state index is 12.7. The molecule has 1 aromatic carbocycles. The molecule has 0 heterocycles. The smallest absolute Gasteiger partial charge is 0.327 e. The average Bonchev–Trinajstić information content (AvgIpc) is 2.20. The van der Waals surface area contributed by atoms with Gasteiger partial charge in [0.2, 0.25) is 0 Å². The van der Waals surface area contributed by atoms with Crippen LogP contribution in [-0.2, 0) is 9.53 Å². The Kier molecular flexibility index (Phi) is 3.80. The molecule has 0 saturated carbocycles. The number of esters is 1. The van der Waals surface area contributed by atoms with Crippen molar-refractivity contribution in [2.45, 2.75) is 6.04 Å². The fraction of sp³-hybridized carbons (Fsp3) is 0.364. The van der Waals surface area contributed by atoms with Gasteiger partial charge in [0.1, 0.15) is 11.9 Å². The van der Waals surface area contributed by atoms with E-state index >= 15 is 0 Å². The van der Waals surface area contributed by atoms with Crippen LogP contribution in [0.4, 0.5) is 4.39 Å². The van der Waals surface area contributed by atoms with Crippen LogP contribution in [-0.4, -0.2) is 32.1 Å². The highest BCUT2D eigenvalue weighted by molar-refractivity contribution is 5.77. The van der Waals surface area contributed by atoms with Crippen molar-refractivity contribution in [2.75, 3.05) is 21.2 Å². The minimum atomic E-state index is -0.490. The zero-order valence-electron chi connectivity index (χ0n) is 9.03. The molecular weight excluding hydrogens is 197 g/mol. The number of halogens is 1. The lowest BCUT2D eigenvalue weighted by molar-refractivity contribution is -0.146. The summed E-state index contributed by atoms with van der Waals surface area (Å²) in [4.78, 5) is 13.2. The average molecular weight is 211 g/mol. The van der Waals surface area contributed by atoms with Gasteiger partial charge in [0, 0.05) is 0 Å². The number of likely N-dealkylation sites (N-methyl/N-ethyl adjacent to an activating group) is 1. The molecule has 0 aliphatic rings. The number of carbonyl (C=O) groups excluding carboxylic acids is 1. The first-order valence-electron chi connectivity index (χ1n) is 4.56. The third kappa shape index (κ3) is 2.76. The SMILES string of the molecule is COC(=O)C(c1ccc(F)cc1)N(C)C. The third-order valence-electron chi connectivity index (χ3n) is 2.13. The molecule has 1 atom stereocenters. The first kappa shape index (κ1) is 11.7. The molecule has 0 amide bonds. The van der Waals surface area contributed by atoms with Gasteiger partial charge in [-0.2, -0.15) is 0 Å². The number of methoxy groups -OCH3 is 1. The molecule has 15 heavy (non-hydrogen) atoms. The van der Waals surface area contributed by atoms with Crippen molar-refractivity contribution in [3.8, 4) is 0 Å². The topological polar surface area (TPSA) is 29.5 Å². The Morgan fingerprint density at radius 1 is 1.33 bits per heavy atom. The van der Waals surface area contributed by atoms with E-state index in [0.29, 0.717) is 5.56 Å². The molecule has 82 valence electrons. The molecule has 0 spiro atoms. The zero-order valence-corrected chi connectivity index (χ0v) is 9.03. The summed E-state index contributed by atoms with van der Waals surface area (Å²) in [6.45, 7) is 0. The molecule has 0 aromatic heterocycles. The normalized spacial score (nSPS) is 12.6. The van der Waals surface area contributed by atoms with Crippen LogP contribution in [0.1, 0.15) is 11.6 Å². The molecule has 1 aromatic rings. The quantitative estimate of drug-likeness (QED) is 0.711. The van der Waals surface area contributed by atoms with Gasteiger partial charge in [-0.05, 0) is 31.8 Å². The predicted molar refractivity (Wildman–Crippen MR) is 54.8 cm³/mol. The second-order valence-electron chi connectivity index (χ2n) is 3.44. The molecule has 0 bridgehead atoms. The van der Waals surface area contributed by atoms with Crippen LogP contribution in [0.2, 0.25) is 0 Å². The Bertz CT molecular complexity index is 335. The molecule has 0 aliphatic carbocycles. The zero-order chi connectivity index (χ0) is 11.4. The highest BCUT2D eigenvalue weighted by atomic mass is 19.1. The van der Waals surface area contributed by atoms with Crippen LogP contribution in [0.25, 0.3) is 0 Å². The highest BCUT2D eigenvalue weighted by Gasteiger charge is 2.23. The van der Waals surface area contributed by atoms with E-state index in [-0.39, 0.29) is 11.8 Å². The summed E-state index contributed by atoms with van der Waals surface area (Å²) in [6.07, 6.45) is 0. The fourth-order valence-corrected chi connectivity index (χ4v) is 1.40. The number of ether oxygens (including phenoxy) is 1. The molecule has 0 aliphatic heterocycles. The standard InChI is InChI=1S/C11H14FNO2/c1-13(2)10(11(14)15-3)8-4-6-9(12)7-5-8/h4-7,10H,1-3H3. The maximum Gasteiger partial charge on any atom is 0.327 e.